The van der Waals surface area contributed by atoms with Crippen molar-refractivity contribution in [3.8, 4) is 0 Å². The zero-order valence-electron chi connectivity index (χ0n) is 15.0. The Morgan fingerprint density at radius 2 is 2.00 bits per heavy atom. The fraction of sp³-hybridized carbons (Fsp3) is 0.533. The lowest BCUT2D eigenvalue weighted by Gasteiger charge is -2.26. The molecule has 9 nitrogen and oxygen atoms in total. The van der Waals surface area contributed by atoms with Crippen LogP contribution in [0.25, 0.3) is 0 Å². The minimum Gasteiger partial charge on any atom is -0.463 e. The topological polar surface area (TPSA) is 112 Å². The molecule has 0 amide bonds. The Hall–Kier alpha value is -2.32. The standard InChI is InChI=1S/C15H16F3N3O6S2/c1-6(22)25-5-8-11(26-7(2)23)10(20-13(29)15(16,17)18)12(27-8)21-4-3-9(28)19-14(21)24/h3-4,8,10-12H,5H2,1-2H3,(H,20,29)(H,19,24,28)/t8-,10-,11-,12-/m1/s1. The number of rotatable bonds is 5. The summed E-state index contributed by atoms with van der Waals surface area (Å²) >= 11 is 9.20. The second kappa shape index (κ2) is 9.00. The lowest BCUT2D eigenvalue weighted by molar-refractivity contribution is -0.155. The van der Waals surface area contributed by atoms with Gasteiger partial charge in [-0.1, -0.05) is 24.4 Å². The molecule has 14 heteroatoms. The van der Waals surface area contributed by atoms with Crippen LogP contribution in [0.5, 0.6) is 0 Å². The number of H-pyrrole nitrogens is 1. The minimum absolute atomic E-state index is 0.0903. The van der Waals surface area contributed by atoms with Gasteiger partial charge in [-0.15, -0.1) is 0 Å². The van der Waals surface area contributed by atoms with Crippen LogP contribution in [-0.2, 0) is 23.8 Å². The van der Waals surface area contributed by atoms with Crippen molar-refractivity contribution in [2.24, 2.45) is 0 Å². The van der Waals surface area contributed by atoms with Crippen LogP contribution in [-0.4, -0.2) is 57.5 Å². The Morgan fingerprint density at radius 3 is 2.52 bits per heavy atom. The van der Waals surface area contributed by atoms with Gasteiger partial charge in [0.05, 0.1) is 0 Å². The minimum atomic E-state index is -4.88. The highest BCUT2D eigenvalue weighted by Crippen LogP contribution is 2.32. The molecule has 0 radical (unpaired) electrons. The second-order valence-corrected chi connectivity index (χ2v) is 6.80. The van der Waals surface area contributed by atoms with Gasteiger partial charge in [0.2, 0.25) is 0 Å². The van der Waals surface area contributed by atoms with E-state index < -0.39 is 59.9 Å². The zero-order valence-corrected chi connectivity index (χ0v) is 16.7. The van der Waals surface area contributed by atoms with Crippen LogP contribution >= 0.6 is 24.4 Å². The molecule has 160 valence electrons. The average Bonchev–Trinajstić information content (AvgIpc) is 2.89. The largest absolute Gasteiger partial charge is 0.463 e. The number of carbonyl (C=O) groups is 2. The summed E-state index contributed by atoms with van der Waals surface area (Å²) < 4.78 is 55.6. The van der Waals surface area contributed by atoms with Crippen LogP contribution in [0.15, 0.2) is 17.1 Å². The van der Waals surface area contributed by atoms with Crippen molar-refractivity contribution in [1.29, 1.82) is 0 Å². The Bertz CT molecular complexity index is 916. The molecule has 0 saturated carbocycles. The summed E-state index contributed by atoms with van der Waals surface area (Å²) in [5.74, 6) is -1.51. The smallest absolute Gasteiger partial charge is 0.441 e. The van der Waals surface area contributed by atoms with E-state index in [-0.39, 0.29) is 4.64 Å². The number of thiocarbonyl (C=S) groups is 1. The molecule has 1 aromatic heterocycles. The van der Waals surface area contributed by atoms with Gasteiger partial charge in [0.1, 0.15) is 23.4 Å². The summed E-state index contributed by atoms with van der Waals surface area (Å²) in [4.78, 5) is 35.7. The van der Waals surface area contributed by atoms with E-state index in [1.165, 1.54) is 12.3 Å². The van der Waals surface area contributed by atoms with Crippen LogP contribution in [0.1, 0.15) is 20.1 Å². The fourth-order valence-corrected chi connectivity index (χ4v) is 2.95. The Labute approximate surface area is 172 Å². The number of nitrogens with zero attached hydrogens (tertiary/aromatic N) is 1. The number of esters is 2. The number of halogens is 3. The van der Waals surface area contributed by atoms with E-state index in [0.29, 0.717) is 0 Å². The lowest BCUT2D eigenvalue weighted by Crippen LogP contribution is -2.52. The van der Waals surface area contributed by atoms with Gasteiger partial charge < -0.3 is 19.5 Å². The van der Waals surface area contributed by atoms with Gasteiger partial charge in [0.15, 0.2) is 17.3 Å². The number of carbonyl (C=O) groups excluding carboxylic acids is 2. The third-order valence-electron chi connectivity index (χ3n) is 3.78. The maximum atomic E-state index is 13.0. The van der Waals surface area contributed by atoms with Gasteiger partial charge in [0.25, 0.3) is 0 Å². The summed E-state index contributed by atoms with van der Waals surface area (Å²) in [5, 5.41) is 2.05. The molecule has 0 bridgehead atoms. The van der Waals surface area contributed by atoms with Crippen molar-refractivity contribution in [2.75, 3.05) is 6.61 Å². The van der Waals surface area contributed by atoms with E-state index in [1.54, 1.807) is 0 Å². The second-order valence-electron chi connectivity index (χ2n) is 5.96. The predicted molar refractivity (Wildman–Crippen MR) is 97.6 cm³/mol. The summed E-state index contributed by atoms with van der Waals surface area (Å²) in [6.07, 6.45) is -7.59. The molecular weight excluding hydrogens is 439 g/mol. The first kappa shape index (κ1) is 23.0. The van der Waals surface area contributed by atoms with Gasteiger partial charge >= 0.3 is 23.8 Å². The Balaban J connectivity index is 2.47. The van der Waals surface area contributed by atoms with Crippen LogP contribution in [0.4, 0.5) is 13.2 Å². The monoisotopic (exact) mass is 455 g/mol. The van der Waals surface area contributed by atoms with Gasteiger partial charge in [-0.3, -0.25) is 19.1 Å². The molecule has 0 unspecified atom stereocenters. The first-order valence-corrected chi connectivity index (χ1v) is 8.87. The summed E-state index contributed by atoms with van der Waals surface area (Å²) in [7, 11) is 0. The van der Waals surface area contributed by atoms with Crippen molar-refractivity contribution >= 4 is 41.4 Å². The van der Waals surface area contributed by atoms with Gasteiger partial charge in [0, 0.05) is 20.0 Å². The summed E-state index contributed by atoms with van der Waals surface area (Å²) in [6.45, 7) is 1.73. The molecule has 1 aliphatic rings. The third kappa shape index (κ3) is 5.83. The molecule has 29 heavy (non-hydrogen) atoms. The molecule has 2 heterocycles. The number of aromatic amines is 1. The van der Waals surface area contributed by atoms with Crippen molar-refractivity contribution in [1.82, 2.24) is 14.9 Å². The Morgan fingerprint density at radius 1 is 1.34 bits per heavy atom. The van der Waals surface area contributed by atoms with E-state index in [4.69, 9.17) is 26.4 Å². The van der Waals surface area contributed by atoms with Crippen LogP contribution in [0.3, 0.4) is 0 Å². The molecule has 0 spiro atoms. The van der Waals surface area contributed by atoms with E-state index in [1.807, 2.05) is 5.32 Å². The van der Waals surface area contributed by atoms with Crippen LogP contribution in [0.2, 0.25) is 0 Å². The van der Waals surface area contributed by atoms with Crippen molar-refractivity contribution in [2.45, 2.75) is 44.5 Å². The fourth-order valence-electron chi connectivity index (χ4n) is 2.66. The SMILES string of the molecule is CC(=O)OC[C@H]1O[C@@H](n2ccc(=S)[nH]c2=O)[C@H](NC(=S)C(F)(F)F)[C@@H]1OC(C)=O. The number of aromatic nitrogens is 2. The van der Waals surface area contributed by atoms with Crippen molar-refractivity contribution in [3.63, 3.8) is 0 Å². The molecule has 1 aromatic rings. The zero-order chi connectivity index (χ0) is 21.9. The molecule has 1 aliphatic heterocycles. The Kier molecular flexibility index (Phi) is 7.13. The number of ether oxygens (including phenoxy) is 3. The van der Waals surface area contributed by atoms with E-state index >= 15 is 0 Å². The number of nitrogens with one attached hydrogen (secondary N) is 2. The molecular formula is C15H16F3N3O6S2. The van der Waals surface area contributed by atoms with Gasteiger partial charge in [-0.05, 0) is 6.07 Å². The number of alkyl halides is 3. The average molecular weight is 455 g/mol. The quantitative estimate of drug-likeness (QED) is 0.499. The molecule has 4 atom stereocenters. The molecule has 0 aromatic carbocycles. The van der Waals surface area contributed by atoms with Crippen LogP contribution < -0.4 is 11.0 Å². The van der Waals surface area contributed by atoms with Crippen molar-refractivity contribution in [3.05, 3.63) is 27.4 Å². The highest BCUT2D eigenvalue weighted by atomic mass is 32.1. The van der Waals surface area contributed by atoms with Gasteiger partial charge in [-0.25, -0.2) is 4.79 Å². The maximum absolute atomic E-state index is 13.0. The van der Waals surface area contributed by atoms with Crippen LogP contribution in [0, 0.1) is 4.64 Å². The highest BCUT2D eigenvalue weighted by molar-refractivity contribution is 7.80. The third-order valence-corrected chi connectivity index (χ3v) is 4.36. The predicted octanol–water partition coefficient (Wildman–Crippen LogP) is 1.15. The molecule has 1 saturated heterocycles. The molecule has 1 fully saturated rings. The summed E-state index contributed by atoms with van der Waals surface area (Å²) in [6, 6.07) is -0.102. The first-order chi connectivity index (χ1) is 13.4. The number of hydrogen-bond donors (Lipinski definition) is 2. The number of hydrogen-bond acceptors (Lipinski definition) is 8. The molecule has 2 rings (SSSR count). The van der Waals surface area contributed by atoms with E-state index in [2.05, 4.69) is 17.2 Å². The van der Waals surface area contributed by atoms with Crippen molar-refractivity contribution < 1.29 is 37.0 Å². The molecule has 0 aliphatic carbocycles. The van der Waals surface area contributed by atoms with E-state index in [9.17, 15) is 27.6 Å². The molecule has 2 N–H and O–H groups in total. The highest BCUT2D eigenvalue weighted by Gasteiger charge is 2.51. The lowest BCUT2D eigenvalue weighted by atomic mass is 10.1. The normalized spacial score (nSPS) is 24.0. The van der Waals surface area contributed by atoms with E-state index in [0.717, 1.165) is 18.4 Å². The first-order valence-electron chi connectivity index (χ1n) is 8.05. The van der Waals surface area contributed by atoms with Gasteiger partial charge in [-0.2, -0.15) is 13.2 Å². The maximum Gasteiger partial charge on any atom is 0.441 e. The summed E-state index contributed by atoms with van der Waals surface area (Å²) in [5.41, 5.74) is -0.776.